The smallest absolute Gasteiger partial charge is 0.224 e. The second kappa shape index (κ2) is 9.87. The third-order valence-electron chi connectivity index (χ3n) is 4.28. The first-order chi connectivity index (χ1) is 11.0. The fourth-order valence-corrected chi connectivity index (χ4v) is 3.03. The lowest BCUT2D eigenvalue weighted by Crippen LogP contribution is -2.45. The SMILES string of the molecule is CC(=O)NC(CC(=O)N(C)C1CCNCC1)c1ccc(Cl)cc1.Cl. The molecule has 2 rings (SSSR count). The number of carbonyl (C=O) groups excluding carboxylic acids is 2. The minimum atomic E-state index is -0.332. The number of benzene rings is 1. The second-order valence-corrected chi connectivity index (χ2v) is 6.43. The van der Waals surface area contributed by atoms with Crippen LogP contribution in [0, 0.1) is 0 Å². The van der Waals surface area contributed by atoms with Gasteiger partial charge in [0.15, 0.2) is 0 Å². The van der Waals surface area contributed by atoms with Gasteiger partial charge >= 0.3 is 0 Å². The molecule has 1 aliphatic rings. The number of nitrogens with zero attached hydrogens (tertiary/aromatic N) is 1. The molecule has 0 aliphatic carbocycles. The summed E-state index contributed by atoms with van der Waals surface area (Å²) >= 11 is 5.91. The minimum Gasteiger partial charge on any atom is -0.349 e. The van der Waals surface area contributed by atoms with Gasteiger partial charge in [-0.1, -0.05) is 23.7 Å². The average molecular weight is 374 g/mol. The molecule has 5 nitrogen and oxygen atoms in total. The van der Waals surface area contributed by atoms with E-state index < -0.39 is 0 Å². The van der Waals surface area contributed by atoms with Crippen LogP contribution in [0.3, 0.4) is 0 Å². The van der Waals surface area contributed by atoms with Crippen LogP contribution in [-0.2, 0) is 9.59 Å². The van der Waals surface area contributed by atoms with Crippen molar-refractivity contribution in [3.05, 3.63) is 34.9 Å². The summed E-state index contributed by atoms with van der Waals surface area (Å²) in [6.45, 7) is 3.34. The summed E-state index contributed by atoms with van der Waals surface area (Å²) in [6, 6.07) is 7.18. The Hall–Kier alpha value is -1.30. The molecular formula is C17H25Cl2N3O2. The van der Waals surface area contributed by atoms with Gasteiger partial charge in [-0.3, -0.25) is 9.59 Å². The van der Waals surface area contributed by atoms with Crippen LogP contribution in [0.15, 0.2) is 24.3 Å². The quantitative estimate of drug-likeness (QED) is 0.833. The first-order valence-corrected chi connectivity index (χ1v) is 8.34. The van der Waals surface area contributed by atoms with Crippen molar-refractivity contribution in [2.45, 2.75) is 38.3 Å². The highest BCUT2D eigenvalue weighted by atomic mass is 35.5. The van der Waals surface area contributed by atoms with Gasteiger partial charge in [0.2, 0.25) is 11.8 Å². The minimum absolute atomic E-state index is 0. The summed E-state index contributed by atoms with van der Waals surface area (Å²) in [5, 5.41) is 6.79. The molecule has 24 heavy (non-hydrogen) atoms. The summed E-state index contributed by atoms with van der Waals surface area (Å²) in [5.74, 6) is -0.104. The molecule has 1 aromatic rings. The van der Waals surface area contributed by atoms with Crippen molar-refractivity contribution in [2.24, 2.45) is 0 Å². The Balaban J connectivity index is 0.00000288. The van der Waals surface area contributed by atoms with E-state index in [1.54, 1.807) is 12.1 Å². The lowest BCUT2D eigenvalue weighted by atomic mass is 10.0. The molecule has 134 valence electrons. The van der Waals surface area contributed by atoms with Gasteiger partial charge in [0, 0.05) is 25.0 Å². The zero-order chi connectivity index (χ0) is 16.8. The van der Waals surface area contributed by atoms with Gasteiger partial charge in [-0.05, 0) is 43.6 Å². The van der Waals surface area contributed by atoms with E-state index in [0.29, 0.717) is 5.02 Å². The van der Waals surface area contributed by atoms with Gasteiger partial charge in [0.1, 0.15) is 0 Å². The predicted octanol–water partition coefficient (Wildman–Crippen LogP) is 2.54. The van der Waals surface area contributed by atoms with Crippen molar-refractivity contribution in [1.29, 1.82) is 0 Å². The van der Waals surface area contributed by atoms with Crippen LogP contribution < -0.4 is 10.6 Å². The largest absolute Gasteiger partial charge is 0.349 e. The monoisotopic (exact) mass is 373 g/mol. The van der Waals surface area contributed by atoms with E-state index >= 15 is 0 Å². The van der Waals surface area contributed by atoms with Gasteiger partial charge in [0.25, 0.3) is 0 Å². The number of hydrogen-bond acceptors (Lipinski definition) is 3. The molecule has 0 bridgehead atoms. The van der Waals surface area contributed by atoms with Crippen molar-refractivity contribution in [3.63, 3.8) is 0 Å². The van der Waals surface area contributed by atoms with Crippen LogP contribution in [0.25, 0.3) is 0 Å². The van der Waals surface area contributed by atoms with Gasteiger partial charge in [-0.2, -0.15) is 0 Å². The molecule has 7 heteroatoms. The number of halogens is 2. The molecule has 1 aromatic carbocycles. The Bertz CT molecular complexity index is 545. The van der Waals surface area contributed by atoms with E-state index in [1.807, 2.05) is 24.1 Å². The Morgan fingerprint density at radius 1 is 1.29 bits per heavy atom. The van der Waals surface area contributed by atoms with Gasteiger partial charge in [-0.15, -0.1) is 12.4 Å². The molecule has 0 aromatic heterocycles. The number of piperidine rings is 1. The maximum absolute atomic E-state index is 12.6. The number of nitrogens with one attached hydrogen (secondary N) is 2. The number of amides is 2. The van der Waals surface area contributed by atoms with E-state index in [4.69, 9.17) is 11.6 Å². The van der Waals surface area contributed by atoms with Crippen molar-refractivity contribution >= 4 is 35.8 Å². The molecule has 1 atom stereocenters. The molecule has 0 spiro atoms. The molecule has 1 fully saturated rings. The first-order valence-electron chi connectivity index (χ1n) is 7.96. The van der Waals surface area contributed by atoms with E-state index in [2.05, 4.69) is 10.6 Å². The average Bonchev–Trinajstić information content (AvgIpc) is 2.54. The summed E-state index contributed by atoms with van der Waals surface area (Å²) < 4.78 is 0. The lowest BCUT2D eigenvalue weighted by Gasteiger charge is -2.32. The molecule has 0 radical (unpaired) electrons. The van der Waals surface area contributed by atoms with Gasteiger partial charge < -0.3 is 15.5 Å². The van der Waals surface area contributed by atoms with E-state index in [0.717, 1.165) is 31.5 Å². The first kappa shape index (κ1) is 20.7. The maximum atomic E-state index is 12.6. The molecular weight excluding hydrogens is 349 g/mol. The Kier molecular flexibility index (Phi) is 8.53. The van der Waals surface area contributed by atoms with Crippen molar-refractivity contribution in [3.8, 4) is 0 Å². The summed E-state index contributed by atoms with van der Waals surface area (Å²) in [7, 11) is 1.85. The van der Waals surface area contributed by atoms with E-state index in [-0.39, 0.29) is 42.7 Å². The predicted molar refractivity (Wildman–Crippen MR) is 98.5 cm³/mol. The zero-order valence-corrected chi connectivity index (χ0v) is 15.6. The van der Waals surface area contributed by atoms with Crippen LogP contribution >= 0.6 is 24.0 Å². The van der Waals surface area contributed by atoms with Crippen molar-refractivity contribution in [1.82, 2.24) is 15.5 Å². The maximum Gasteiger partial charge on any atom is 0.224 e. The Morgan fingerprint density at radius 3 is 2.42 bits per heavy atom. The highest BCUT2D eigenvalue weighted by Crippen LogP contribution is 2.21. The normalized spacial score (nSPS) is 16.0. The fourth-order valence-electron chi connectivity index (χ4n) is 2.91. The van der Waals surface area contributed by atoms with E-state index in [1.165, 1.54) is 6.92 Å². The van der Waals surface area contributed by atoms with Crippen molar-refractivity contribution in [2.75, 3.05) is 20.1 Å². The number of rotatable bonds is 5. The number of carbonyl (C=O) groups is 2. The van der Waals surface area contributed by atoms with Gasteiger partial charge in [0.05, 0.1) is 12.5 Å². The third-order valence-corrected chi connectivity index (χ3v) is 4.53. The molecule has 0 saturated carbocycles. The Morgan fingerprint density at radius 2 is 1.88 bits per heavy atom. The molecule has 2 N–H and O–H groups in total. The topological polar surface area (TPSA) is 61.4 Å². The third kappa shape index (κ3) is 5.96. The van der Waals surface area contributed by atoms with Crippen LogP contribution in [-0.4, -0.2) is 42.9 Å². The summed E-state index contributed by atoms with van der Waals surface area (Å²) in [4.78, 5) is 25.9. The standard InChI is InChI=1S/C17H24ClN3O2.ClH/c1-12(22)20-16(13-3-5-14(18)6-4-13)11-17(23)21(2)15-7-9-19-10-8-15;/h3-6,15-16,19H,7-11H2,1-2H3,(H,20,22);1H. The van der Waals surface area contributed by atoms with Crippen LogP contribution in [0.4, 0.5) is 0 Å². The Labute approximate surface area is 154 Å². The van der Waals surface area contributed by atoms with Crippen LogP contribution in [0.2, 0.25) is 5.02 Å². The van der Waals surface area contributed by atoms with E-state index in [9.17, 15) is 9.59 Å². The van der Waals surface area contributed by atoms with Gasteiger partial charge in [-0.25, -0.2) is 0 Å². The fraction of sp³-hybridized carbons (Fsp3) is 0.529. The highest BCUT2D eigenvalue weighted by molar-refractivity contribution is 6.30. The summed E-state index contributed by atoms with van der Waals surface area (Å²) in [5.41, 5.74) is 0.886. The molecule has 1 heterocycles. The molecule has 1 aliphatic heterocycles. The van der Waals surface area contributed by atoms with Crippen molar-refractivity contribution < 1.29 is 9.59 Å². The molecule has 2 amide bonds. The molecule has 1 saturated heterocycles. The van der Waals surface area contributed by atoms with Crippen LogP contribution in [0.1, 0.15) is 37.8 Å². The zero-order valence-electron chi connectivity index (χ0n) is 14.0. The van der Waals surface area contributed by atoms with Crippen LogP contribution in [0.5, 0.6) is 0 Å². The lowest BCUT2D eigenvalue weighted by molar-refractivity contribution is -0.133. The molecule has 1 unspecified atom stereocenters. The second-order valence-electron chi connectivity index (χ2n) is 5.99. The summed E-state index contributed by atoms with van der Waals surface area (Å²) in [6.07, 6.45) is 2.18. The number of hydrogen-bond donors (Lipinski definition) is 2. The highest BCUT2D eigenvalue weighted by Gasteiger charge is 2.25.